The minimum absolute atomic E-state index is 0. The van der Waals surface area contributed by atoms with Crippen molar-refractivity contribution in [3.05, 3.63) is 72.9 Å². The van der Waals surface area contributed by atoms with Gasteiger partial charge in [0.05, 0.1) is 25.9 Å². The maximum Gasteiger partial charge on any atom is 1.00 e. The summed E-state index contributed by atoms with van der Waals surface area (Å²) in [5.41, 5.74) is 10.3. The number of oxime groups is 2. The molecule has 5 aliphatic rings. The second-order valence-corrected chi connectivity index (χ2v) is 27.3. The quantitative estimate of drug-likeness (QED) is 0.00278. The Labute approximate surface area is 817 Å². The minimum Gasteiger partial charge on any atom is -0.550 e. The number of aliphatic hydroxyl groups excluding tert-OH is 3. The predicted octanol–water partition coefficient (Wildman–Crippen LogP) is -2.89. The zero-order valence-electron chi connectivity index (χ0n) is 78.8. The summed E-state index contributed by atoms with van der Waals surface area (Å²) < 4.78 is 23.7. The van der Waals surface area contributed by atoms with E-state index < -0.39 is 83.9 Å². The van der Waals surface area contributed by atoms with E-state index in [1.807, 2.05) is 13.8 Å². The van der Waals surface area contributed by atoms with E-state index in [-0.39, 0.29) is 166 Å². The Balaban J connectivity index is -0.000000231. The van der Waals surface area contributed by atoms with Crippen LogP contribution in [0.5, 0.6) is 0 Å². The number of aliphatic carboxylic acids is 6. The van der Waals surface area contributed by atoms with E-state index in [9.17, 15) is 106 Å². The van der Waals surface area contributed by atoms with E-state index in [2.05, 4.69) is 47.0 Å². The van der Waals surface area contributed by atoms with E-state index in [1.165, 1.54) is 88.5 Å². The van der Waals surface area contributed by atoms with Crippen LogP contribution in [0.3, 0.4) is 0 Å². The number of rotatable bonds is 52. The van der Waals surface area contributed by atoms with Crippen molar-refractivity contribution in [2.45, 2.75) is 221 Å². The van der Waals surface area contributed by atoms with Crippen LogP contribution in [-0.4, -0.2) is 307 Å². The molecule has 0 spiro atoms. The van der Waals surface area contributed by atoms with Crippen LogP contribution in [0.2, 0.25) is 0 Å². The number of amides is 11. The maximum absolute atomic E-state index is 11.7. The van der Waals surface area contributed by atoms with Crippen LogP contribution in [0, 0.1) is 12.8 Å². The third kappa shape index (κ3) is 93.4. The normalized spacial score (nSPS) is 13.3. The Morgan fingerprint density at radius 2 is 0.728 bits per heavy atom. The molecule has 0 aromatic rings. The first-order chi connectivity index (χ1) is 63.7. The zero-order valence-corrected chi connectivity index (χ0v) is 80.7. The summed E-state index contributed by atoms with van der Waals surface area (Å²) >= 11 is 0. The van der Waals surface area contributed by atoms with Gasteiger partial charge in [0.1, 0.15) is 26.8 Å². The second kappa shape index (κ2) is 93.0. The molecule has 5 aliphatic heterocycles. The first-order valence-corrected chi connectivity index (χ1v) is 42.0. The van der Waals surface area contributed by atoms with Gasteiger partial charge in [0, 0.05) is 197 Å². The van der Waals surface area contributed by atoms with Gasteiger partial charge in [0.2, 0.25) is 29.5 Å². The molecule has 3 unspecified atom stereocenters. The van der Waals surface area contributed by atoms with Crippen molar-refractivity contribution in [2.24, 2.45) is 27.7 Å². The van der Waals surface area contributed by atoms with Gasteiger partial charge < -0.3 is 112 Å². The summed E-state index contributed by atoms with van der Waals surface area (Å²) in [6.07, 6.45) is 31.2. The molecular weight excluding hydrogens is 1840 g/mol. The molecule has 0 saturated heterocycles. The van der Waals surface area contributed by atoms with Crippen molar-refractivity contribution in [3.8, 4) is 12.8 Å². The van der Waals surface area contributed by atoms with Gasteiger partial charge in [-0.2, -0.15) is 0 Å². The number of nitrogens with one attached hydrogen (secondary N) is 3. The molecule has 0 bridgehead atoms. The monoisotopic (exact) mass is 1970 g/mol. The van der Waals surface area contributed by atoms with Gasteiger partial charge in [-0.05, 0) is 104 Å². The Bertz CT molecular complexity index is 3820. The number of carbonyl (C=O) groups excluding carboxylic acids is 16. The molecule has 0 saturated carbocycles. The topological polar surface area (TPSA) is 760 Å². The van der Waals surface area contributed by atoms with E-state index in [4.69, 9.17) is 78.4 Å². The van der Waals surface area contributed by atoms with Crippen LogP contribution >= 0.6 is 12.4 Å². The number of terminal acetylenes is 1. The number of aliphatic hydroxyl groups is 3. The number of hydrogen-bond donors (Lipinski definition) is 14. The number of hydrogen-bond acceptors (Lipinski definition) is 37. The number of halogens is 1. The van der Waals surface area contributed by atoms with Crippen molar-refractivity contribution in [3.63, 3.8) is 0 Å². The Hall–Kier alpha value is -12.4. The van der Waals surface area contributed by atoms with Crippen LogP contribution in [0.15, 0.2) is 83.2 Å². The summed E-state index contributed by atoms with van der Waals surface area (Å²) in [7, 11) is 0. The van der Waals surface area contributed by atoms with Crippen molar-refractivity contribution < 1.29 is 211 Å². The van der Waals surface area contributed by atoms with Crippen molar-refractivity contribution in [1.29, 1.82) is 0 Å². The van der Waals surface area contributed by atoms with Crippen molar-refractivity contribution >= 4 is 149 Å². The van der Waals surface area contributed by atoms with Gasteiger partial charge in [-0.15, -0.1) is 25.2 Å². The molecule has 0 aromatic heterocycles. The van der Waals surface area contributed by atoms with E-state index in [0.717, 1.165) is 69.8 Å². The van der Waals surface area contributed by atoms with Gasteiger partial charge >= 0.3 is 83.3 Å². The molecular formula is C85H132ClN12NaO37. The number of imide groups is 4. The minimum atomic E-state index is -1.17. The van der Waals surface area contributed by atoms with Crippen LogP contribution in [-0.2, 0) is 134 Å². The van der Waals surface area contributed by atoms with E-state index in [1.54, 1.807) is 13.8 Å². The molecule has 762 valence electrons. The summed E-state index contributed by atoms with van der Waals surface area (Å²) in [6.45, 7) is 14.3. The molecule has 11 amide bonds. The number of carboxylic acid groups (broad SMARTS) is 6. The van der Waals surface area contributed by atoms with Crippen LogP contribution in [0.1, 0.15) is 204 Å². The zero-order chi connectivity index (χ0) is 104. The van der Waals surface area contributed by atoms with E-state index in [0.29, 0.717) is 154 Å². The number of nitrogens with zero attached hydrogens (tertiary/aromatic N) is 6. The Morgan fingerprint density at radius 3 is 0.971 bits per heavy atom. The fourth-order valence-electron chi connectivity index (χ4n) is 9.45. The predicted molar refractivity (Wildman–Crippen MR) is 479 cm³/mol. The summed E-state index contributed by atoms with van der Waals surface area (Å²) in [5, 5.41) is 93.2. The average molecular weight is 1970 g/mol. The largest absolute Gasteiger partial charge is 1.00 e. The van der Waals surface area contributed by atoms with Gasteiger partial charge in [-0.1, -0.05) is 48.8 Å². The van der Waals surface area contributed by atoms with E-state index >= 15 is 0 Å². The number of carboxylic acids is 6. The molecule has 0 fully saturated rings. The van der Waals surface area contributed by atoms with Crippen LogP contribution < -0.4 is 68.0 Å². The van der Waals surface area contributed by atoms with Gasteiger partial charge in [0.25, 0.3) is 47.3 Å². The number of nitrogens with two attached hydrogens (primary N) is 3. The summed E-state index contributed by atoms with van der Waals surface area (Å²) in [5.74, 6) is -5.15. The summed E-state index contributed by atoms with van der Waals surface area (Å²) in [6, 6.07) is 0. The average Bonchev–Trinajstić information content (AvgIpc) is 1.76. The maximum atomic E-state index is 11.7. The molecule has 0 aliphatic carbocycles. The van der Waals surface area contributed by atoms with Gasteiger partial charge in [-0.3, -0.25) is 101 Å². The van der Waals surface area contributed by atoms with Gasteiger partial charge in [0.15, 0.2) is 0 Å². The third-order valence-electron chi connectivity index (χ3n) is 15.7. The molecule has 17 N–H and O–H groups in total. The number of carbonyl (C=O) groups is 21. The molecule has 136 heavy (non-hydrogen) atoms. The standard InChI is InChI=1S/C17H27N3O6.C13H21N3O5.C10H15NO5.2C10H13NO4.C7H16N2O3.C6H13NO2.C4H2O3.C4H6O3.C2H4O2.C2H2.ClH.Na/c1-3-25-13(2)19-26-12-14(21)11-18-15(22)7-5-4-6-10-20-16(23)8-9-17(20)24;14-21-9-10(17)8-15-11(18)4-2-1-3-7-16-12(19)5-6-13(16)20;12-8(5-6-10(15)16)11-7-3-1-2-4-9(13)14;2*12-8-5-6-9(13)11(8)7-3-1-2-4-10(14)15;1-3-11-6(2)9-12-5-7(10)4-8;7-5-3-1-2-4-6(8)9;5-3-1-2-4(6)7-3;1-3(5)7-4(2)6;1-2(3)4;1-2;;/h8-9,14,21H,3-7,10-12H2,1-2H3,(H,18,22);5-6,10,17H,1-4,7-9,14H2,(H,15,18);5-6H,1-4,7H2,(H,11,12)(H,13,14)(H,15,16);2*5-6H,1-4,7H2,(H,14,15);7,10H,3-5,8H2,1-2H3;1-5,7H2,(H,8,9);1-2H;1-2H3;1H3,(H,3,4);1-2H;1H;/q;;;;;;;;;;;;+1/p-1/b19-13-;;6-5-;;;9-6+;;;;;;;/i;;;;;;;;;;1D;;. The van der Waals surface area contributed by atoms with Crippen LogP contribution in [0.25, 0.3) is 0 Å². The smallest absolute Gasteiger partial charge is 0.550 e. The number of esters is 4. The number of ether oxygens (including phenoxy) is 4. The molecule has 0 aromatic carbocycles. The molecule has 5 rings (SSSR count). The number of unbranched alkanes of at least 4 members (excludes halogenated alkanes) is 12. The Morgan fingerprint density at radius 1 is 0.449 bits per heavy atom. The molecule has 5 heterocycles. The number of cyclic esters (lactones) is 2. The summed E-state index contributed by atoms with van der Waals surface area (Å²) in [4.78, 5) is 241. The van der Waals surface area contributed by atoms with Crippen molar-refractivity contribution in [2.75, 3.05) is 91.9 Å². The third-order valence-corrected chi connectivity index (χ3v) is 15.7. The first kappa shape index (κ1) is 137. The Kier molecular flexibility index (Phi) is 93.5. The second-order valence-electron chi connectivity index (χ2n) is 27.3. The fourth-order valence-corrected chi connectivity index (χ4v) is 9.45. The molecule has 3 atom stereocenters. The SMILES string of the molecule is CC(=O)OC(C)=O.CC(=O)[O-].CCO/C(C)=N/OCC(O)CN.CCO/C(C)=N\OCC(O)CNC(=O)CCCCCN1C(=O)C=CC1=O.Cl.NCCCCCC(=O)O.NOCC(O)CNC(=O)CCCCCN1C(=O)C=CC1=O.O=C(O)/C=C\C(=O)NCCCCCC(=O)O.O=C(O)CCCCCN1C(=O)C=CC1=O.O=C(O)CCCCCN1C(=O)C=CC1=O.O=C1C=CC(=O)O1.[2H]C#C.[Na+]. The first-order valence-electron chi connectivity index (χ1n) is 42.5. The molecule has 49 nitrogen and oxygen atoms in total. The van der Waals surface area contributed by atoms with Gasteiger partial charge in [-0.25, -0.2) is 20.3 Å². The molecule has 0 radical (unpaired) electrons. The molecule has 51 heteroatoms. The van der Waals surface area contributed by atoms with Crippen LogP contribution in [0.4, 0.5) is 0 Å². The van der Waals surface area contributed by atoms with Crippen molar-refractivity contribution in [1.82, 2.24) is 35.6 Å². The fraction of sp³-hybridized carbons (Fsp3) is 0.565.